The number of nitrogens with zero attached hydrogens (tertiary/aromatic N) is 3. The van der Waals surface area contributed by atoms with E-state index in [4.69, 9.17) is 41.2 Å². The fourth-order valence-electron chi connectivity index (χ4n) is 2.16. The van der Waals surface area contributed by atoms with Crippen molar-refractivity contribution in [2.24, 2.45) is 5.73 Å². The van der Waals surface area contributed by atoms with Crippen molar-refractivity contribution in [2.75, 3.05) is 0 Å². The summed E-state index contributed by atoms with van der Waals surface area (Å²) in [5, 5.41) is 0.916. The lowest BCUT2D eigenvalue weighted by molar-refractivity contribution is 0.932. The van der Waals surface area contributed by atoms with E-state index in [2.05, 4.69) is 9.97 Å². The van der Waals surface area contributed by atoms with Crippen LogP contribution < -0.4 is 5.73 Å². The van der Waals surface area contributed by atoms with Crippen LogP contribution in [0.4, 0.5) is 0 Å². The molecule has 0 bridgehead atoms. The average molecular weight is 337 g/mol. The Morgan fingerprint density at radius 1 is 1.29 bits per heavy atom. The lowest BCUT2D eigenvalue weighted by atomic mass is 10.3. The summed E-state index contributed by atoms with van der Waals surface area (Å²) in [5.41, 5.74) is 7.38. The molecule has 0 saturated heterocycles. The first-order valence-corrected chi connectivity index (χ1v) is 7.29. The maximum absolute atomic E-state index is 6.27. The molecule has 2 aromatic heterocycles. The predicted octanol–water partition coefficient (Wildman–Crippen LogP) is 3.56. The van der Waals surface area contributed by atoms with E-state index >= 15 is 0 Å². The summed E-state index contributed by atoms with van der Waals surface area (Å²) in [6.45, 7) is 0. The second-order valence-electron chi connectivity index (χ2n) is 4.45. The van der Waals surface area contributed by atoms with Crippen LogP contribution in [0.25, 0.3) is 16.9 Å². The number of rotatable bonds is 3. The van der Waals surface area contributed by atoms with Crippen LogP contribution in [0.5, 0.6) is 0 Å². The fourth-order valence-corrected chi connectivity index (χ4v) is 2.75. The minimum absolute atomic E-state index is 0.358. The summed E-state index contributed by atoms with van der Waals surface area (Å²) in [4.78, 5) is 9.23. The summed E-state index contributed by atoms with van der Waals surface area (Å²) in [6.07, 6.45) is 1.91. The molecule has 0 atom stereocenters. The highest BCUT2D eigenvalue weighted by Gasteiger charge is 2.16. The Balaban J connectivity index is 2.30. The lowest BCUT2D eigenvalue weighted by Crippen LogP contribution is -2.15. The number of para-hydroxylation sites is 2. The Labute approximate surface area is 136 Å². The third-order valence-electron chi connectivity index (χ3n) is 2.96. The van der Waals surface area contributed by atoms with Gasteiger partial charge in [0, 0.05) is 6.20 Å². The Hall–Kier alpha value is -1.69. The fraction of sp³-hybridized carbons (Fsp3) is 0.0714. The van der Waals surface area contributed by atoms with E-state index in [1.807, 2.05) is 28.8 Å². The second-order valence-corrected chi connectivity index (χ2v) is 5.82. The Morgan fingerprint density at radius 3 is 2.76 bits per heavy atom. The number of imidazole rings is 1. The van der Waals surface area contributed by atoms with Crippen molar-refractivity contribution in [3.8, 4) is 5.82 Å². The van der Waals surface area contributed by atoms with Crippen LogP contribution in [0, 0.1) is 0 Å². The highest BCUT2D eigenvalue weighted by Crippen LogP contribution is 2.27. The first-order chi connectivity index (χ1) is 10.1. The van der Waals surface area contributed by atoms with Gasteiger partial charge in [-0.2, -0.15) is 0 Å². The SMILES string of the molecule is NC(=S)Cc1nc2ccccc2n1-c1ncc(Cl)cc1Cl. The summed E-state index contributed by atoms with van der Waals surface area (Å²) >= 11 is 17.2. The van der Waals surface area contributed by atoms with Gasteiger partial charge in [-0.05, 0) is 18.2 Å². The third kappa shape index (κ3) is 2.72. The summed E-state index contributed by atoms with van der Waals surface area (Å²) in [7, 11) is 0. The van der Waals surface area contributed by atoms with Crippen molar-refractivity contribution in [1.29, 1.82) is 0 Å². The summed E-state index contributed by atoms with van der Waals surface area (Å²) in [5.74, 6) is 1.25. The zero-order valence-electron chi connectivity index (χ0n) is 10.8. The van der Waals surface area contributed by atoms with Gasteiger partial charge in [-0.1, -0.05) is 47.6 Å². The Kier molecular flexibility index (Phi) is 3.80. The van der Waals surface area contributed by atoms with E-state index < -0.39 is 0 Å². The van der Waals surface area contributed by atoms with Crippen LogP contribution >= 0.6 is 35.4 Å². The largest absolute Gasteiger partial charge is 0.393 e. The van der Waals surface area contributed by atoms with Crippen LogP contribution in [0.1, 0.15) is 5.82 Å². The second kappa shape index (κ2) is 5.60. The van der Waals surface area contributed by atoms with Crippen molar-refractivity contribution < 1.29 is 0 Å². The van der Waals surface area contributed by atoms with E-state index in [0.717, 1.165) is 11.0 Å². The predicted molar refractivity (Wildman–Crippen MR) is 89.4 cm³/mol. The summed E-state index contributed by atoms with van der Waals surface area (Å²) in [6, 6.07) is 9.34. The summed E-state index contributed by atoms with van der Waals surface area (Å²) < 4.78 is 1.85. The monoisotopic (exact) mass is 336 g/mol. The van der Waals surface area contributed by atoms with Gasteiger partial charge < -0.3 is 5.73 Å². The maximum Gasteiger partial charge on any atom is 0.157 e. The lowest BCUT2D eigenvalue weighted by Gasteiger charge is -2.09. The molecule has 3 rings (SSSR count). The van der Waals surface area contributed by atoms with Crippen molar-refractivity contribution in [3.63, 3.8) is 0 Å². The van der Waals surface area contributed by atoms with E-state index in [1.165, 1.54) is 0 Å². The van der Waals surface area contributed by atoms with Crippen LogP contribution in [-0.4, -0.2) is 19.5 Å². The zero-order valence-corrected chi connectivity index (χ0v) is 13.1. The quantitative estimate of drug-likeness (QED) is 0.743. The van der Waals surface area contributed by atoms with Crippen LogP contribution in [0.15, 0.2) is 36.5 Å². The normalized spacial score (nSPS) is 11.0. The molecular weight excluding hydrogens is 327 g/mol. The molecule has 0 aliphatic carbocycles. The number of pyridine rings is 1. The molecule has 0 aliphatic rings. The number of hydrogen-bond acceptors (Lipinski definition) is 3. The number of aromatic nitrogens is 3. The molecule has 3 aromatic rings. The molecule has 0 saturated carbocycles. The molecule has 2 N–H and O–H groups in total. The number of thiocarbonyl (C=S) groups is 1. The number of benzene rings is 1. The third-order valence-corrected chi connectivity index (χ3v) is 3.59. The molecule has 0 radical (unpaired) electrons. The Morgan fingerprint density at radius 2 is 2.05 bits per heavy atom. The average Bonchev–Trinajstić information content (AvgIpc) is 2.76. The van der Waals surface area contributed by atoms with Crippen molar-refractivity contribution in [3.05, 3.63) is 52.4 Å². The van der Waals surface area contributed by atoms with Crippen LogP contribution in [0.2, 0.25) is 10.0 Å². The minimum atomic E-state index is 0.358. The molecule has 1 aromatic carbocycles. The van der Waals surface area contributed by atoms with Crippen LogP contribution in [-0.2, 0) is 6.42 Å². The van der Waals surface area contributed by atoms with Gasteiger partial charge in [-0.3, -0.25) is 4.57 Å². The number of fused-ring (bicyclic) bond motifs is 1. The molecular formula is C14H10Cl2N4S. The Bertz CT molecular complexity index is 844. The van der Waals surface area contributed by atoms with E-state index in [-0.39, 0.29) is 0 Å². The minimum Gasteiger partial charge on any atom is -0.393 e. The highest BCUT2D eigenvalue weighted by atomic mass is 35.5. The van der Waals surface area contributed by atoms with Gasteiger partial charge in [0.1, 0.15) is 5.82 Å². The van der Waals surface area contributed by atoms with Crippen molar-refractivity contribution >= 4 is 51.4 Å². The van der Waals surface area contributed by atoms with Gasteiger partial charge in [0.05, 0.1) is 32.5 Å². The molecule has 0 unspecified atom stereocenters. The first kappa shape index (κ1) is 14.3. The van der Waals surface area contributed by atoms with Gasteiger partial charge in [-0.15, -0.1) is 0 Å². The van der Waals surface area contributed by atoms with Crippen LogP contribution in [0.3, 0.4) is 0 Å². The molecule has 0 spiro atoms. The van der Waals surface area contributed by atoms with Gasteiger partial charge in [0.2, 0.25) is 0 Å². The van der Waals surface area contributed by atoms with Gasteiger partial charge >= 0.3 is 0 Å². The molecule has 0 amide bonds. The standard InChI is InChI=1S/C14H10Cl2N4S/c15-8-5-9(16)14(18-7-8)20-11-4-2-1-3-10(11)19-13(20)6-12(17)21/h1-5,7H,6H2,(H2,17,21). The first-order valence-electron chi connectivity index (χ1n) is 6.12. The van der Waals surface area contributed by atoms with Gasteiger partial charge in [0.25, 0.3) is 0 Å². The molecule has 106 valence electrons. The van der Waals surface area contributed by atoms with Crippen molar-refractivity contribution in [2.45, 2.75) is 6.42 Å². The highest BCUT2D eigenvalue weighted by molar-refractivity contribution is 7.80. The molecule has 4 nitrogen and oxygen atoms in total. The maximum atomic E-state index is 6.27. The molecule has 0 aliphatic heterocycles. The van der Waals surface area contributed by atoms with E-state index in [1.54, 1.807) is 12.3 Å². The molecule has 7 heteroatoms. The number of nitrogens with two attached hydrogens (primary N) is 1. The van der Waals surface area contributed by atoms with E-state index in [9.17, 15) is 0 Å². The van der Waals surface area contributed by atoms with E-state index in [0.29, 0.717) is 33.1 Å². The molecule has 21 heavy (non-hydrogen) atoms. The molecule has 2 heterocycles. The topological polar surface area (TPSA) is 56.7 Å². The number of halogens is 2. The zero-order chi connectivity index (χ0) is 15.0. The molecule has 0 fully saturated rings. The van der Waals surface area contributed by atoms with Gasteiger partial charge in [-0.25, -0.2) is 9.97 Å². The van der Waals surface area contributed by atoms with Gasteiger partial charge in [0.15, 0.2) is 5.82 Å². The number of hydrogen-bond donors (Lipinski definition) is 1. The van der Waals surface area contributed by atoms with Crippen molar-refractivity contribution in [1.82, 2.24) is 14.5 Å². The smallest absolute Gasteiger partial charge is 0.157 e.